The van der Waals surface area contributed by atoms with E-state index in [9.17, 15) is 0 Å². The van der Waals surface area contributed by atoms with Gasteiger partial charge in [0.05, 0.1) is 30.1 Å². The minimum absolute atomic E-state index is 0.760. The van der Waals surface area contributed by atoms with Crippen molar-refractivity contribution in [2.24, 2.45) is 12.0 Å². The number of methoxy groups -OCH3 is 1. The maximum Gasteiger partial charge on any atom is 0.140 e. The number of allylic oxidation sites excluding steroid dienone is 2. The van der Waals surface area contributed by atoms with Crippen molar-refractivity contribution in [1.29, 1.82) is 0 Å². The van der Waals surface area contributed by atoms with Gasteiger partial charge in [0.25, 0.3) is 0 Å². The van der Waals surface area contributed by atoms with E-state index in [-0.39, 0.29) is 0 Å². The Balaban J connectivity index is 2.85. The number of fused-ring (bicyclic) bond motifs is 1. The van der Waals surface area contributed by atoms with E-state index in [4.69, 9.17) is 4.74 Å². The maximum absolute atomic E-state index is 5.58. The van der Waals surface area contributed by atoms with Gasteiger partial charge < -0.3 is 14.2 Å². The predicted molar refractivity (Wildman–Crippen MR) is 96.4 cm³/mol. The third-order valence-electron chi connectivity index (χ3n) is 3.85. The number of aromatic nitrogens is 2. The van der Waals surface area contributed by atoms with E-state index in [0.717, 1.165) is 39.4 Å². The van der Waals surface area contributed by atoms with Crippen molar-refractivity contribution in [3.05, 3.63) is 47.4 Å². The lowest BCUT2D eigenvalue weighted by atomic mass is 10.1. The average Bonchev–Trinajstić information content (AvgIpc) is 2.83. The van der Waals surface area contributed by atoms with Crippen molar-refractivity contribution in [2.45, 2.75) is 13.8 Å². The number of aliphatic imine (C=N–C) groups is 1. The summed E-state index contributed by atoms with van der Waals surface area (Å²) in [6.07, 6.45) is 3.83. The molecule has 0 saturated heterocycles. The molecule has 0 atom stereocenters. The molecule has 2 aromatic rings. The molecule has 122 valence electrons. The fraction of sp³-hybridized carbons (Fsp3) is 0.333. The topological polar surface area (TPSA) is 42.7 Å². The van der Waals surface area contributed by atoms with Crippen molar-refractivity contribution < 1.29 is 4.74 Å². The molecule has 0 radical (unpaired) electrons. The molecule has 0 aromatic carbocycles. The minimum Gasteiger partial charge on any atom is -0.496 e. The molecule has 0 unspecified atom stereocenters. The van der Waals surface area contributed by atoms with Crippen LogP contribution in [0.15, 0.2) is 41.0 Å². The Kier molecular flexibility index (Phi) is 4.89. The predicted octanol–water partition coefficient (Wildman–Crippen LogP) is 3.36. The standard InChI is InChI=1S/C18H24N4O/c1-8-16(23-7)17(18(19-3)21(4)5)14-10-13-9-12(2)20-11-15(13)22(14)6/h8-11H,3H2,1-2,4-7H3/b16-8+,18-17+. The second-order valence-electron chi connectivity index (χ2n) is 5.58. The number of pyridine rings is 1. The molecule has 0 aliphatic rings. The molecule has 2 heterocycles. The van der Waals surface area contributed by atoms with Gasteiger partial charge in [-0.05, 0) is 38.8 Å². The highest BCUT2D eigenvalue weighted by Crippen LogP contribution is 2.32. The van der Waals surface area contributed by atoms with Gasteiger partial charge in [0.1, 0.15) is 11.6 Å². The molecule has 23 heavy (non-hydrogen) atoms. The molecule has 0 bridgehead atoms. The highest BCUT2D eigenvalue weighted by molar-refractivity contribution is 5.89. The van der Waals surface area contributed by atoms with Gasteiger partial charge in [-0.25, -0.2) is 4.99 Å². The molecule has 0 spiro atoms. The van der Waals surface area contributed by atoms with Crippen molar-refractivity contribution in [3.63, 3.8) is 0 Å². The van der Waals surface area contributed by atoms with Crippen LogP contribution in [0.3, 0.4) is 0 Å². The van der Waals surface area contributed by atoms with Gasteiger partial charge in [0.15, 0.2) is 0 Å². The van der Waals surface area contributed by atoms with Crippen LogP contribution in [-0.2, 0) is 11.8 Å². The van der Waals surface area contributed by atoms with Crippen LogP contribution >= 0.6 is 0 Å². The van der Waals surface area contributed by atoms with Gasteiger partial charge in [0, 0.05) is 32.2 Å². The van der Waals surface area contributed by atoms with E-state index in [2.05, 4.69) is 33.4 Å². The van der Waals surface area contributed by atoms with E-state index < -0.39 is 0 Å². The lowest BCUT2D eigenvalue weighted by Crippen LogP contribution is -2.14. The van der Waals surface area contributed by atoms with Gasteiger partial charge in [-0.2, -0.15) is 0 Å². The number of aryl methyl sites for hydroxylation is 2. The van der Waals surface area contributed by atoms with Gasteiger partial charge in [-0.15, -0.1) is 0 Å². The SMILES string of the molecule is C=N/C(=C(\C(=C/C)OC)c1cc2cc(C)ncc2n1C)N(C)C. The smallest absolute Gasteiger partial charge is 0.140 e. The van der Waals surface area contributed by atoms with E-state index in [1.54, 1.807) is 7.11 Å². The molecule has 0 aliphatic heterocycles. The van der Waals surface area contributed by atoms with Crippen LogP contribution in [0, 0.1) is 6.92 Å². The first-order chi connectivity index (χ1) is 10.9. The molecule has 0 amide bonds. The monoisotopic (exact) mass is 312 g/mol. The van der Waals surface area contributed by atoms with E-state index in [1.807, 2.05) is 52.2 Å². The molecule has 0 saturated carbocycles. The number of ether oxygens (including phenoxy) is 1. The number of hydrogen-bond donors (Lipinski definition) is 0. The number of hydrogen-bond acceptors (Lipinski definition) is 4. The Morgan fingerprint density at radius 3 is 2.61 bits per heavy atom. The average molecular weight is 312 g/mol. The summed E-state index contributed by atoms with van der Waals surface area (Å²) in [6.45, 7) is 7.66. The first-order valence-corrected chi connectivity index (χ1v) is 7.46. The van der Waals surface area contributed by atoms with Gasteiger partial charge in [0.2, 0.25) is 0 Å². The molecule has 0 aliphatic carbocycles. The van der Waals surface area contributed by atoms with Crippen molar-refractivity contribution in [1.82, 2.24) is 14.5 Å². The van der Waals surface area contributed by atoms with E-state index >= 15 is 0 Å². The Labute approximate surface area is 137 Å². The minimum atomic E-state index is 0.760. The molecule has 0 fully saturated rings. The molecule has 2 rings (SSSR count). The van der Waals surface area contributed by atoms with Crippen LogP contribution in [0.25, 0.3) is 16.5 Å². The maximum atomic E-state index is 5.58. The zero-order valence-corrected chi connectivity index (χ0v) is 14.7. The van der Waals surface area contributed by atoms with Crippen LogP contribution in [0.1, 0.15) is 18.3 Å². The molecule has 0 N–H and O–H groups in total. The summed E-state index contributed by atoms with van der Waals surface area (Å²) < 4.78 is 7.69. The largest absolute Gasteiger partial charge is 0.496 e. The fourth-order valence-corrected chi connectivity index (χ4v) is 2.74. The summed E-state index contributed by atoms with van der Waals surface area (Å²) in [7, 11) is 7.58. The Morgan fingerprint density at radius 2 is 2.09 bits per heavy atom. The molecular weight excluding hydrogens is 288 g/mol. The summed E-state index contributed by atoms with van der Waals surface area (Å²) in [6, 6.07) is 4.21. The lowest BCUT2D eigenvalue weighted by molar-refractivity contribution is 0.308. The Morgan fingerprint density at radius 1 is 1.39 bits per heavy atom. The van der Waals surface area contributed by atoms with Gasteiger partial charge in [-0.1, -0.05) is 0 Å². The normalized spacial score (nSPS) is 13.0. The highest BCUT2D eigenvalue weighted by atomic mass is 16.5. The quantitative estimate of drug-likeness (QED) is 0.483. The van der Waals surface area contributed by atoms with E-state index in [1.165, 1.54) is 0 Å². The van der Waals surface area contributed by atoms with Crippen LogP contribution in [-0.4, -0.2) is 42.4 Å². The van der Waals surface area contributed by atoms with Crippen molar-refractivity contribution in [2.75, 3.05) is 21.2 Å². The van der Waals surface area contributed by atoms with E-state index in [0.29, 0.717) is 0 Å². The summed E-state index contributed by atoms with van der Waals surface area (Å²) in [5, 5.41) is 1.14. The van der Waals surface area contributed by atoms with Crippen LogP contribution < -0.4 is 0 Å². The first kappa shape index (κ1) is 16.8. The Hall–Kier alpha value is -2.56. The zero-order chi connectivity index (χ0) is 17.1. The fourth-order valence-electron chi connectivity index (χ4n) is 2.74. The summed E-state index contributed by atoms with van der Waals surface area (Å²) in [5.41, 5.74) is 3.98. The highest BCUT2D eigenvalue weighted by Gasteiger charge is 2.20. The van der Waals surface area contributed by atoms with Crippen molar-refractivity contribution >= 4 is 23.2 Å². The third-order valence-corrected chi connectivity index (χ3v) is 3.85. The molecule has 5 heteroatoms. The van der Waals surface area contributed by atoms with Gasteiger partial charge >= 0.3 is 0 Å². The second-order valence-corrected chi connectivity index (χ2v) is 5.58. The van der Waals surface area contributed by atoms with Crippen LogP contribution in [0.2, 0.25) is 0 Å². The zero-order valence-electron chi connectivity index (χ0n) is 14.7. The number of nitrogens with zero attached hydrogens (tertiary/aromatic N) is 4. The van der Waals surface area contributed by atoms with Crippen LogP contribution in [0.5, 0.6) is 0 Å². The summed E-state index contributed by atoms with van der Waals surface area (Å²) >= 11 is 0. The molecular formula is C18H24N4O. The van der Waals surface area contributed by atoms with Gasteiger partial charge in [-0.3, -0.25) is 4.98 Å². The summed E-state index contributed by atoms with van der Waals surface area (Å²) in [4.78, 5) is 10.5. The Bertz CT molecular complexity index is 797. The van der Waals surface area contributed by atoms with Crippen molar-refractivity contribution in [3.8, 4) is 0 Å². The number of rotatable bonds is 5. The first-order valence-electron chi connectivity index (χ1n) is 7.46. The summed E-state index contributed by atoms with van der Waals surface area (Å²) in [5.74, 6) is 1.52. The second kappa shape index (κ2) is 6.69. The van der Waals surface area contributed by atoms with Crippen LogP contribution in [0.4, 0.5) is 0 Å². The molecule has 2 aromatic heterocycles. The lowest BCUT2D eigenvalue weighted by Gasteiger charge is -2.20. The molecule has 5 nitrogen and oxygen atoms in total. The third kappa shape index (κ3) is 2.99.